The number of hydrogen-bond donors (Lipinski definition) is 1. The van der Waals surface area contributed by atoms with Gasteiger partial charge in [0.15, 0.2) is 11.6 Å². The topological polar surface area (TPSA) is 81.9 Å². The van der Waals surface area contributed by atoms with Crippen LogP contribution in [0.3, 0.4) is 0 Å². The summed E-state index contributed by atoms with van der Waals surface area (Å²) in [6, 6.07) is 8.79. The van der Waals surface area contributed by atoms with Crippen molar-refractivity contribution in [3.05, 3.63) is 60.7 Å². The molecule has 0 bridgehead atoms. The first-order valence-electron chi connectivity index (χ1n) is 7.48. The molecule has 3 rings (SSSR count). The number of nitrogens with one attached hydrogen (secondary N) is 1. The van der Waals surface area contributed by atoms with E-state index in [1.807, 2.05) is 10.8 Å². The third-order valence-electron chi connectivity index (χ3n) is 3.45. The molecule has 1 aromatic carbocycles. The molecule has 7 nitrogen and oxygen atoms in total. The van der Waals surface area contributed by atoms with Crippen molar-refractivity contribution in [1.29, 1.82) is 0 Å². The van der Waals surface area contributed by atoms with Gasteiger partial charge < -0.3 is 14.6 Å². The van der Waals surface area contributed by atoms with Crippen LogP contribution in [0.2, 0.25) is 0 Å². The van der Waals surface area contributed by atoms with Crippen molar-refractivity contribution in [2.45, 2.75) is 6.54 Å². The average molecular weight is 323 g/mol. The van der Waals surface area contributed by atoms with E-state index in [1.165, 1.54) is 0 Å². The Kier molecular flexibility index (Phi) is 4.81. The standard InChI is InChI=1S/C17H17N5O2/c1-24-14-5-2-4-13(12-14)17(23)21-9-11-22-10-8-20-16(22)15-18-6-3-7-19-15/h2-8,10,12H,9,11H2,1H3,(H,21,23). The van der Waals surface area contributed by atoms with E-state index in [4.69, 9.17) is 4.74 Å². The van der Waals surface area contributed by atoms with Crippen LogP contribution in [-0.4, -0.2) is 39.1 Å². The van der Waals surface area contributed by atoms with Crippen LogP contribution >= 0.6 is 0 Å². The van der Waals surface area contributed by atoms with Crippen molar-refractivity contribution >= 4 is 5.91 Å². The molecule has 0 aliphatic rings. The third-order valence-corrected chi connectivity index (χ3v) is 3.45. The number of aromatic nitrogens is 4. The van der Waals surface area contributed by atoms with Gasteiger partial charge in [-0.3, -0.25) is 4.79 Å². The molecular formula is C17H17N5O2. The molecule has 3 aromatic rings. The molecule has 0 unspecified atom stereocenters. The second kappa shape index (κ2) is 7.36. The lowest BCUT2D eigenvalue weighted by atomic mass is 10.2. The Balaban J connectivity index is 1.61. The van der Waals surface area contributed by atoms with E-state index in [-0.39, 0.29) is 5.91 Å². The highest BCUT2D eigenvalue weighted by atomic mass is 16.5. The van der Waals surface area contributed by atoms with Crippen molar-refractivity contribution in [3.8, 4) is 17.4 Å². The monoisotopic (exact) mass is 323 g/mol. The van der Waals surface area contributed by atoms with Gasteiger partial charge in [-0.2, -0.15) is 0 Å². The van der Waals surface area contributed by atoms with Gasteiger partial charge in [-0.05, 0) is 24.3 Å². The summed E-state index contributed by atoms with van der Waals surface area (Å²) in [4.78, 5) is 24.8. The number of ether oxygens (including phenoxy) is 1. The molecule has 122 valence electrons. The maximum Gasteiger partial charge on any atom is 0.251 e. The molecule has 2 aromatic heterocycles. The van der Waals surface area contributed by atoms with Gasteiger partial charge in [0, 0.05) is 43.4 Å². The zero-order valence-corrected chi connectivity index (χ0v) is 13.2. The molecule has 0 aliphatic heterocycles. The predicted octanol–water partition coefficient (Wildman–Crippen LogP) is 1.78. The lowest BCUT2D eigenvalue weighted by molar-refractivity contribution is 0.0952. The van der Waals surface area contributed by atoms with E-state index < -0.39 is 0 Å². The van der Waals surface area contributed by atoms with Crippen molar-refractivity contribution in [2.75, 3.05) is 13.7 Å². The third kappa shape index (κ3) is 3.57. The van der Waals surface area contributed by atoms with E-state index >= 15 is 0 Å². The van der Waals surface area contributed by atoms with Crippen LogP contribution in [0.25, 0.3) is 11.6 Å². The van der Waals surface area contributed by atoms with Crippen LogP contribution in [0.5, 0.6) is 5.75 Å². The summed E-state index contributed by atoms with van der Waals surface area (Å²) < 4.78 is 7.03. The molecule has 0 radical (unpaired) electrons. The molecular weight excluding hydrogens is 306 g/mol. The minimum Gasteiger partial charge on any atom is -0.497 e. The van der Waals surface area contributed by atoms with Gasteiger partial charge in [0.25, 0.3) is 5.91 Å². The molecule has 0 atom stereocenters. The lowest BCUT2D eigenvalue weighted by Gasteiger charge is -2.09. The fourth-order valence-corrected chi connectivity index (χ4v) is 2.27. The smallest absolute Gasteiger partial charge is 0.251 e. The maximum atomic E-state index is 12.2. The van der Waals surface area contributed by atoms with Crippen LogP contribution < -0.4 is 10.1 Å². The summed E-state index contributed by atoms with van der Waals surface area (Å²) in [5.41, 5.74) is 0.562. The minimum absolute atomic E-state index is 0.147. The van der Waals surface area contributed by atoms with Crippen molar-refractivity contribution in [3.63, 3.8) is 0 Å². The van der Waals surface area contributed by atoms with Crippen molar-refractivity contribution in [2.24, 2.45) is 0 Å². The summed E-state index contributed by atoms with van der Waals surface area (Å²) in [5, 5.41) is 2.88. The van der Waals surface area contributed by atoms with Gasteiger partial charge in [-0.15, -0.1) is 0 Å². The molecule has 2 heterocycles. The van der Waals surface area contributed by atoms with Gasteiger partial charge >= 0.3 is 0 Å². The molecule has 0 aliphatic carbocycles. The number of benzene rings is 1. The normalized spacial score (nSPS) is 10.4. The number of imidazole rings is 1. The van der Waals surface area contributed by atoms with Crippen LogP contribution in [0, 0.1) is 0 Å². The van der Waals surface area contributed by atoms with Gasteiger partial charge in [0.1, 0.15) is 5.75 Å². The Morgan fingerprint density at radius 3 is 2.79 bits per heavy atom. The molecule has 0 saturated carbocycles. The Labute approximate surface area is 139 Å². The number of carbonyl (C=O) groups is 1. The summed E-state index contributed by atoms with van der Waals surface area (Å²) >= 11 is 0. The number of methoxy groups -OCH3 is 1. The van der Waals surface area contributed by atoms with Crippen molar-refractivity contribution in [1.82, 2.24) is 24.8 Å². The Morgan fingerprint density at radius 2 is 2.00 bits per heavy atom. The largest absolute Gasteiger partial charge is 0.497 e. The SMILES string of the molecule is COc1cccc(C(=O)NCCn2ccnc2-c2ncccn2)c1. The molecule has 7 heteroatoms. The lowest BCUT2D eigenvalue weighted by Crippen LogP contribution is -2.27. The Morgan fingerprint density at radius 1 is 1.17 bits per heavy atom. The molecule has 1 amide bonds. The van der Waals surface area contributed by atoms with Crippen LogP contribution in [0.15, 0.2) is 55.1 Å². The molecule has 0 saturated heterocycles. The zero-order chi connectivity index (χ0) is 16.8. The Bertz CT molecular complexity index is 817. The first kappa shape index (κ1) is 15.7. The summed E-state index contributed by atoms with van der Waals surface area (Å²) in [6.45, 7) is 1.04. The van der Waals surface area contributed by atoms with Crippen LogP contribution in [0.4, 0.5) is 0 Å². The highest BCUT2D eigenvalue weighted by Crippen LogP contribution is 2.13. The number of hydrogen-bond acceptors (Lipinski definition) is 5. The van der Waals surface area contributed by atoms with Crippen LogP contribution in [0.1, 0.15) is 10.4 Å². The highest BCUT2D eigenvalue weighted by Gasteiger charge is 2.09. The quantitative estimate of drug-likeness (QED) is 0.748. The second-order valence-corrected chi connectivity index (χ2v) is 5.00. The highest BCUT2D eigenvalue weighted by molar-refractivity contribution is 5.94. The summed E-state index contributed by atoms with van der Waals surface area (Å²) in [6.07, 6.45) is 6.87. The molecule has 0 spiro atoms. The number of amides is 1. The van der Waals surface area contributed by atoms with E-state index in [0.29, 0.717) is 36.1 Å². The zero-order valence-electron chi connectivity index (χ0n) is 13.2. The van der Waals surface area contributed by atoms with E-state index in [1.54, 1.807) is 56.0 Å². The second-order valence-electron chi connectivity index (χ2n) is 5.00. The molecule has 0 fully saturated rings. The van der Waals surface area contributed by atoms with E-state index in [0.717, 1.165) is 0 Å². The number of rotatable bonds is 6. The fraction of sp³-hybridized carbons (Fsp3) is 0.176. The van der Waals surface area contributed by atoms with Gasteiger partial charge in [0.2, 0.25) is 0 Å². The first-order chi connectivity index (χ1) is 11.8. The Hall–Kier alpha value is -3.22. The van der Waals surface area contributed by atoms with Crippen molar-refractivity contribution < 1.29 is 9.53 Å². The summed E-state index contributed by atoms with van der Waals surface area (Å²) in [5.74, 6) is 1.74. The average Bonchev–Trinajstić information content (AvgIpc) is 3.11. The molecule has 24 heavy (non-hydrogen) atoms. The van der Waals surface area contributed by atoms with E-state index in [9.17, 15) is 4.79 Å². The van der Waals surface area contributed by atoms with Gasteiger partial charge in [-0.25, -0.2) is 15.0 Å². The maximum absolute atomic E-state index is 12.2. The first-order valence-corrected chi connectivity index (χ1v) is 7.48. The van der Waals surface area contributed by atoms with Gasteiger partial charge in [0.05, 0.1) is 7.11 Å². The number of carbonyl (C=O) groups excluding carboxylic acids is 1. The molecule has 1 N–H and O–H groups in total. The minimum atomic E-state index is -0.147. The van der Waals surface area contributed by atoms with Gasteiger partial charge in [-0.1, -0.05) is 6.07 Å². The fourth-order valence-electron chi connectivity index (χ4n) is 2.27. The number of nitrogens with zero attached hydrogens (tertiary/aromatic N) is 4. The van der Waals surface area contributed by atoms with Crippen LogP contribution in [-0.2, 0) is 6.54 Å². The van der Waals surface area contributed by atoms with E-state index in [2.05, 4.69) is 20.3 Å². The predicted molar refractivity (Wildman–Crippen MR) is 88.6 cm³/mol. The summed E-state index contributed by atoms with van der Waals surface area (Å²) in [7, 11) is 1.57.